The summed E-state index contributed by atoms with van der Waals surface area (Å²) in [6, 6.07) is 15.4. The van der Waals surface area contributed by atoms with Gasteiger partial charge < -0.3 is 19.6 Å². The highest BCUT2D eigenvalue weighted by atomic mass is 16.5. The van der Waals surface area contributed by atoms with E-state index in [9.17, 15) is 4.79 Å². The average Bonchev–Trinajstić information content (AvgIpc) is 3.29. The van der Waals surface area contributed by atoms with Gasteiger partial charge in [0.2, 0.25) is 5.91 Å². The first-order valence-electron chi connectivity index (χ1n) is 9.53. The fourth-order valence-electron chi connectivity index (χ4n) is 3.68. The standard InChI is InChI=1S/C23H24N4O2/c1-15-19(18-6-4-5-7-20(18)25-15)14-21(28)26-22(23-24-12-13-27(23)2)16-8-10-17(29-3)11-9-16/h4-13,22,25H,14H2,1-3H3,(H,26,28). The van der Waals surface area contributed by atoms with E-state index >= 15 is 0 Å². The van der Waals surface area contributed by atoms with E-state index in [1.165, 1.54) is 0 Å². The van der Waals surface area contributed by atoms with Crippen LogP contribution >= 0.6 is 0 Å². The Morgan fingerprint density at radius 2 is 1.97 bits per heavy atom. The third-order valence-corrected chi connectivity index (χ3v) is 5.24. The summed E-state index contributed by atoms with van der Waals surface area (Å²) >= 11 is 0. The second kappa shape index (κ2) is 7.83. The maximum atomic E-state index is 13.0. The predicted molar refractivity (Wildman–Crippen MR) is 113 cm³/mol. The number of rotatable bonds is 6. The molecule has 0 bridgehead atoms. The van der Waals surface area contributed by atoms with Gasteiger partial charge in [-0.15, -0.1) is 0 Å². The van der Waals surface area contributed by atoms with Crippen LogP contribution in [0.25, 0.3) is 10.9 Å². The highest BCUT2D eigenvalue weighted by Gasteiger charge is 2.22. The third kappa shape index (κ3) is 3.74. The summed E-state index contributed by atoms with van der Waals surface area (Å²) in [4.78, 5) is 20.9. The minimum Gasteiger partial charge on any atom is -0.497 e. The number of benzene rings is 2. The van der Waals surface area contributed by atoms with Gasteiger partial charge in [-0.25, -0.2) is 4.98 Å². The van der Waals surface area contributed by atoms with Crippen molar-refractivity contribution >= 4 is 16.8 Å². The SMILES string of the molecule is COc1ccc(C(NC(=O)Cc2c(C)[nH]c3ccccc23)c2nccn2C)cc1. The molecule has 4 rings (SSSR count). The molecule has 0 fully saturated rings. The highest BCUT2D eigenvalue weighted by molar-refractivity contribution is 5.90. The van der Waals surface area contributed by atoms with Crippen LogP contribution in [0.15, 0.2) is 60.9 Å². The van der Waals surface area contributed by atoms with Crippen LogP contribution < -0.4 is 10.1 Å². The van der Waals surface area contributed by atoms with Crippen molar-refractivity contribution in [3.63, 3.8) is 0 Å². The Balaban J connectivity index is 1.62. The lowest BCUT2D eigenvalue weighted by molar-refractivity contribution is -0.121. The Kier molecular flexibility index (Phi) is 5.08. The molecule has 1 atom stereocenters. The highest BCUT2D eigenvalue weighted by Crippen LogP contribution is 2.25. The van der Waals surface area contributed by atoms with Gasteiger partial charge in [-0.1, -0.05) is 30.3 Å². The molecule has 1 amide bonds. The number of amides is 1. The molecule has 0 aliphatic carbocycles. The van der Waals surface area contributed by atoms with Crippen LogP contribution in [-0.4, -0.2) is 27.6 Å². The summed E-state index contributed by atoms with van der Waals surface area (Å²) in [6.07, 6.45) is 3.91. The minimum atomic E-state index is -0.348. The summed E-state index contributed by atoms with van der Waals surface area (Å²) in [5.41, 5.74) is 4.03. The normalized spacial score (nSPS) is 12.1. The van der Waals surface area contributed by atoms with Crippen molar-refractivity contribution in [3.05, 3.63) is 83.6 Å². The quantitative estimate of drug-likeness (QED) is 0.529. The van der Waals surface area contributed by atoms with Crippen LogP contribution in [0.5, 0.6) is 5.75 Å². The molecule has 2 N–H and O–H groups in total. The first-order chi connectivity index (χ1) is 14.1. The summed E-state index contributed by atoms with van der Waals surface area (Å²) in [6.45, 7) is 2.00. The first-order valence-corrected chi connectivity index (χ1v) is 9.53. The largest absolute Gasteiger partial charge is 0.497 e. The smallest absolute Gasteiger partial charge is 0.225 e. The maximum absolute atomic E-state index is 13.0. The van der Waals surface area contributed by atoms with E-state index in [0.717, 1.165) is 39.3 Å². The molecule has 6 heteroatoms. The van der Waals surface area contributed by atoms with E-state index in [1.54, 1.807) is 13.3 Å². The van der Waals surface area contributed by atoms with Crippen LogP contribution in [0, 0.1) is 6.92 Å². The molecule has 1 unspecified atom stereocenters. The molecule has 0 saturated heterocycles. The number of nitrogens with one attached hydrogen (secondary N) is 2. The molecule has 29 heavy (non-hydrogen) atoms. The number of carbonyl (C=O) groups excluding carboxylic acids is 1. The maximum Gasteiger partial charge on any atom is 0.225 e. The van der Waals surface area contributed by atoms with Crippen LogP contribution in [0.3, 0.4) is 0 Å². The van der Waals surface area contributed by atoms with Crippen molar-refractivity contribution in [1.82, 2.24) is 19.9 Å². The number of hydrogen-bond donors (Lipinski definition) is 2. The van der Waals surface area contributed by atoms with Crippen molar-refractivity contribution in [1.29, 1.82) is 0 Å². The van der Waals surface area contributed by atoms with Crippen molar-refractivity contribution in [2.45, 2.75) is 19.4 Å². The van der Waals surface area contributed by atoms with Crippen LogP contribution in [0.4, 0.5) is 0 Å². The number of imidazole rings is 1. The molecule has 0 radical (unpaired) electrons. The molecular formula is C23H24N4O2. The zero-order valence-corrected chi connectivity index (χ0v) is 16.8. The van der Waals surface area contributed by atoms with Gasteiger partial charge in [0, 0.05) is 36.0 Å². The molecule has 2 aromatic heterocycles. The van der Waals surface area contributed by atoms with E-state index in [0.29, 0.717) is 6.42 Å². The van der Waals surface area contributed by atoms with Gasteiger partial charge in [0.25, 0.3) is 0 Å². The summed E-state index contributed by atoms with van der Waals surface area (Å²) in [5.74, 6) is 1.49. The average molecular weight is 388 g/mol. The Morgan fingerprint density at radius 3 is 2.66 bits per heavy atom. The predicted octanol–water partition coefficient (Wildman–Crippen LogP) is 3.67. The molecule has 0 saturated carbocycles. The number of H-pyrrole nitrogens is 1. The molecule has 2 heterocycles. The Morgan fingerprint density at radius 1 is 1.21 bits per heavy atom. The number of aromatic amines is 1. The van der Waals surface area contributed by atoms with Gasteiger partial charge in [-0.2, -0.15) is 0 Å². The van der Waals surface area contributed by atoms with Gasteiger partial charge in [-0.3, -0.25) is 4.79 Å². The van der Waals surface area contributed by atoms with E-state index in [4.69, 9.17) is 4.74 Å². The Hall–Kier alpha value is -3.54. The van der Waals surface area contributed by atoms with Crippen molar-refractivity contribution in [3.8, 4) is 5.75 Å². The van der Waals surface area contributed by atoms with Crippen LogP contribution in [0.2, 0.25) is 0 Å². The number of methoxy groups -OCH3 is 1. The number of fused-ring (bicyclic) bond motifs is 1. The lowest BCUT2D eigenvalue weighted by atomic mass is 10.0. The van der Waals surface area contributed by atoms with E-state index in [-0.39, 0.29) is 11.9 Å². The first kappa shape index (κ1) is 18.8. The van der Waals surface area contributed by atoms with Gasteiger partial charge in [0.15, 0.2) is 0 Å². The number of nitrogens with zero attached hydrogens (tertiary/aromatic N) is 2. The number of carbonyl (C=O) groups is 1. The monoisotopic (exact) mass is 388 g/mol. The van der Waals surface area contributed by atoms with Crippen LogP contribution in [0.1, 0.15) is 28.7 Å². The van der Waals surface area contributed by atoms with Crippen molar-refractivity contribution in [2.75, 3.05) is 7.11 Å². The van der Waals surface area contributed by atoms with Crippen LogP contribution in [-0.2, 0) is 18.3 Å². The molecule has 6 nitrogen and oxygen atoms in total. The van der Waals surface area contributed by atoms with Gasteiger partial charge in [0.05, 0.1) is 13.5 Å². The Labute approximate surface area is 169 Å². The van der Waals surface area contributed by atoms with Gasteiger partial charge in [0.1, 0.15) is 17.6 Å². The number of para-hydroxylation sites is 1. The van der Waals surface area contributed by atoms with Gasteiger partial charge >= 0.3 is 0 Å². The molecular weight excluding hydrogens is 364 g/mol. The molecule has 0 aliphatic heterocycles. The zero-order valence-electron chi connectivity index (χ0n) is 16.8. The third-order valence-electron chi connectivity index (χ3n) is 5.24. The molecule has 148 valence electrons. The van der Waals surface area contributed by atoms with E-state index in [1.807, 2.05) is 73.3 Å². The number of ether oxygens (including phenoxy) is 1. The summed E-state index contributed by atoms with van der Waals surface area (Å²) in [7, 11) is 3.56. The second-order valence-electron chi connectivity index (χ2n) is 7.12. The fourth-order valence-corrected chi connectivity index (χ4v) is 3.68. The topological polar surface area (TPSA) is 71.9 Å². The molecule has 0 aliphatic rings. The van der Waals surface area contributed by atoms with Gasteiger partial charge in [-0.05, 0) is 36.2 Å². The number of aryl methyl sites for hydroxylation is 2. The number of hydrogen-bond acceptors (Lipinski definition) is 3. The number of aromatic nitrogens is 3. The molecule has 2 aromatic carbocycles. The summed E-state index contributed by atoms with van der Waals surface area (Å²) in [5, 5.41) is 4.25. The summed E-state index contributed by atoms with van der Waals surface area (Å²) < 4.78 is 7.18. The Bertz CT molecular complexity index is 1140. The minimum absolute atomic E-state index is 0.0540. The van der Waals surface area contributed by atoms with E-state index < -0.39 is 0 Å². The van der Waals surface area contributed by atoms with Crippen molar-refractivity contribution in [2.24, 2.45) is 7.05 Å². The fraction of sp³-hybridized carbons (Fsp3) is 0.217. The lowest BCUT2D eigenvalue weighted by Gasteiger charge is -2.19. The lowest BCUT2D eigenvalue weighted by Crippen LogP contribution is -2.32. The molecule has 0 spiro atoms. The second-order valence-corrected chi connectivity index (χ2v) is 7.12. The zero-order chi connectivity index (χ0) is 20.4. The molecule has 4 aromatic rings. The van der Waals surface area contributed by atoms with Crippen molar-refractivity contribution < 1.29 is 9.53 Å². The van der Waals surface area contributed by atoms with E-state index in [2.05, 4.69) is 15.3 Å².